The maximum Gasteiger partial charge on any atom is 0.229 e. The number of aromatic nitrogens is 2. The van der Waals surface area contributed by atoms with E-state index in [9.17, 15) is 9.18 Å². The van der Waals surface area contributed by atoms with Crippen LogP contribution < -0.4 is 20.7 Å². The van der Waals surface area contributed by atoms with Crippen molar-refractivity contribution in [3.05, 3.63) is 35.5 Å². The van der Waals surface area contributed by atoms with E-state index < -0.39 is 5.82 Å². The molecule has 3 aromatic rings. The molecule has 176 valence electrons. The number of carbonyl (C=O) groups is 1. The van der Waals surface area contributed by atoms with Gasteiger partial charge in [-0.2, -0.15) is 4.98 Å². The molecule has 1 amide bonds. The summed E-state index contributed by atoms with van der Waals surface area (Å²) in [5.74, 6) is 0.874. The van der Waals surface area contributed by atoms with E-state index in [1.165, 1.54) is 6.07 Å². The molecule has 0 atom stereocenters. The fraction of sp³-hybridized carbons (Fsp3) is 0.435. The summed E-state index contributed by atoms with van der Waals surface area (Å²) in [6, 6.07) is 7.11. The molecule has 1 aromatic carbocycles. The third-order valence-corrected chi connectivity index (χ3v) is 6.42. The normalized spacial score (nSPS) is 18.2. The highest BCUT2D eigenvalue weighted by atomic mass is 32.1. The minimum Gasteiger partial charge on any atom is -0.488 e. The average molecular weight is 474 g/mol. The second-order valence-corrected chi connectivity index (χ2v) is 8.95. The van der Waals surface area contributed by atoms with E-state index in [0.717, 1.165) is 41.7 Å². The van der Waals surface area contributed by atoms with Crippen LogP contribution in [0.1, 0.15) is 32.6 Å². The highest BCUT2D eigenvalue weighted by molar-refractivity contribution is 7.17. The van der Waals surface area contributed by atoms with E-state index >= 15 is 0 Å². The fourth-order valence-corrected chi connectivity index (χ4v) is 4.72. The molecule has 0 unspecified atom stereocenters. The molecule has 0 saturated heterocycles. The highest BCUT2D eigenvalue weighted by Gasteiger charge is 2.23. The van der Waals surface area contributed by atoms with Crippen LogP contribution in [0.3, 0.4) is 0 Å². The number of halogens is 1. The smallest absolute Gasteiger partial charge is 0.229 e. The molecule has 0 spiro atoms. The molecule has 1 saturated carbocycles. The number of benzene rings is 1. The average Bonchev–Trinajstić information content (AvgIpc) is 3.25. The van der Waals surface area contributed by atoms with Crippen LogP contribution in [0.15, 0.2) is 29.6 Å². The van der Waals surface area contributed by atoms with Gasteiger partial charge in [-0.15, -0.1) is 11.3 Å². The number of methoxy groups -OCH3 is 1. The molecule has 2 heterocycles. The molecular formula is C23H28FN5O3S. The third-order valence-electron chi connectivity index (χ3n) is 5.51. The van der Waals surface area contributed by atoms with Gasteiger partial charge in [0.25, 0.3) is 0 Å². The van der Waals surface area contributed by atoms with Gasteiger partial charge in [-0.1, -0.05) is 0 Å². The number of nitrogens with one attached hydrogen (secondary N) is 3. The summed E-state index contributed by atoms with van der Waals surface area (Å²) in [7, 11) is 1.57. The van der Waals surface area contributed by atoms with E-state index in [1.807, 2.05) is 11.4 Å². The van der Waals surface area contributed by atoms with Gasteiger partial charge in [-0.05, 0) is 49.3 Å². The zero-order valence-electron chi connectivity index (χ0n) is 18.7. The van der Waals surface area contributed by atoms with Crippen molar-refractivity contribution in [2.75, 3.05) is 31.0 Å². The van der Waals surface area contributed by atoms with Crippen LogP contribution in [0.5, 0.6) is 5.75 Å². The molecule has 0 radical (unpaired) electrons. The Hall–Kier alpha value is -2.98. The number of ether oxygens (including phenoxy) is 2. The number of nitrogens with zero attached hydrogens (tertiary/aromatic N) is 2. The third kappa shape index (κ3) is 6.08. The van der Waals surface area contributed by atoms with Crippen molar-refractivity contribution in [1.82, 2.24) is 15.3 Å². The lowest BCUT2D eigenvalue weighted by atomic mass is 9.91. The summed E-state index contributed by atoms with van der Waals surface area (Å²) in [5.41, 5.74) is 1.36. The fourth-order valence-electron chi connectivity index (χ4n) is 3.94. The van der Waals surface area contributed by atoms with Gasteiger partial charge in [0.2, 0.25) is 11.9 Å². The van der Waals surface area contributed by atoms with Gasteiger partial charge in [0.1, 0.15) is 12.4 Å². The first kappa shape index (κ1) is 23.2. The highest BCUT2D eigenvalue weighted by Crippen LogP contribution is 2.31. The lowest BCUT2D eigenvalue weighted by molar-refractivity contribution is -0.119. The SMILES string of the molecule is COCCOc1ccc(Nc2nc(NC3CCC(NC(C)=O)CC3)c3sccc3n2)cc1F. The largest absolute Gasteiger partial charge is 0.488 e. The van der Waals surface area contributed by atoms with E-state index in [2.05, 4.69) is 25.9 Å². The van der Waals surface area contributed by atoms with Gasteiger partial charge in [-0.3, -0.25) is 4.79 Å². The van der Waals surface area contributed by atoms with Crippen LogP contribution in [-0.2, 0) is 9.53 Å². The molecule has 0 bridgehead atoms. The van der Waals surface area contributed by atoms with Crippen LogP contribution >= 0.6 is 11.3 Å². The van der Waals surface area contributed by atoms with Crippen LogP contribution in [0.25, 0.3) is 10.2 Å². The number of hydrogen-bond acceptors (Lipinski definition) is 8. The van der Waals surface area contributed by atoms with Crippen LogP contribution in [0, 0.1) is 5.82 Å². The Kier molecular flexibility index (Phi) is 7.56. The molecule has 33 heavy (non-hydrogen) atoms. The standard InChI is InChI=1S/C23H28FN5O3S/c1-14(30)25-15-3-5-16(6-4-15)26-22-21-19(9-12-33-21)28-23(29-22)27-17-7-8-20(18(24)13-17)32-11-10-31-2/h7-9,12-13,15-16H,3-6,10-11H2,1-2H3,(H,25,30)(H2,26,27,28,29). The Balaban J connectivity index is 1.45. The molecule has 1 aliphatic carbocycles. The van der Waals surface area contributed by atoms with Gasteiger partial charge in [0, 0.05) is 37.9 Å². The summed E-state index contributed by atoms with van der Waals surface area (Å²) in [6.07, 6.45) is 3.75. The predicted octanol–water partition coefficient (Wildman–Crippen LogP) is 4.46. The zero-order valence-corrected chi connectivity index (χ0v) is 19.5. The monoisotopic (exact) mass is 473 g/mol. The van der Waals surface area contributed by atoms with Gasteiger partial charge in [0.05, 0.1) is 16.8 Å². The van der Waals surface area contributed by atoms with Crippen molar-refractivity contribution in [2.45, 2.75) is 44.7 Å². The summed E-state index contributed by atoms with van der Waals surface area (Å²) in [4.78, 5) is 20.6. The van der Waals surface area contributed by atoms with Crippen molar-refractivity contribution in [2.24, 2.45) is 0 Å². The van der Waals surface area contributed by atoms with E-state index in [0.29, 0.717) is 18.2 Å². The van der Waals surface area contributed by atoms with E-state index in [1.54, 1.807) is 37.5 Å². The molecule has 1 aliphatic rings. The van der Waals surface area contributed by atoms with Crippen molar-refractivity contribution >= 4 is 44.9 Å². The van der Waals surface area contributed by atoms with E-state index in [4.69, 9.17) is 9.47 Å². The quantitative estimate of drug-likeness (QED) is 0.395. The molecule has 3 N–H and O–H groups in total. The maximum absolute atomic E-state index is 14.4. The van der Waals surface area contributed by atoms with Crippen LogP contribution in [-0.4, -0.2) is 48.3 Å². The molecule has 2 aromatic heterocycles. The molecule has 10 heteroatoms. The second-order valence-electron chi connectivity index (χ2n) is 8.04. The molecule has 4 rings (SSSR count). The number of hydrogen-bond donors (Lipinski definition) is 3. The first-order valence-corrected chi connectivity index (χ1v) is 11.9. The van der Waals surface area contributed by atoms with Crippen molar-refractivity contribution in [3.8, 4) is 5.75 Å². The molecule has 1 fully saturated rings. The lowest BCUT2D eigenvalue weighted by Gasteiger charge is -2.29. The summed E-state index contributed by atoms with van der Waals surface area (Å²) < 4.78 is 25.7. The second kappa shape index (κ2) is 10.8. The van der Waals surface area contributed by atoms with Crippen LogP contribution in [0.4, 0.5) is 21.8 Å². The number of carbonyl (C=O) groups excluding carboxylic acids is 1. The lowest BCUT2D eigenvalue weighted by Crippen LogP contribution is -2.39. The van der Waals surface area contributed by atoms with Gasteiger partial charge < -0.3 is 25.4 Å². The Morgan fingerprint density at radius 1 is 1.15 bits per heavy atom. The number of amides is 1. The molecule has 0 aliphatic heterocycles. The topological polar surface area (TPSA) is 97.4 Å². The Bertz CT molecular complexity index is 1100. The minimum absolute atomic E-state index is 0.0178. The zero-order chi connectivity index (χ0) is 23.2. The number of anilines is 3. The predicted molar refractivity (Wildman–Crippen MR) is 128 cm³/mol. The van der Waals surface area contributed by atoms with Gasteiger partial charge in [0.15, 0.2) is 11.6 Å². The van der Waals surface area contributed by atoms with Gasteiger partial charge in [-0.25, -0.2) is 9.37 Å². The van der Waals surface area contributed by atoms with Crippen molar-refractivity contribution in [3.63, 3.8) is 0 Å². The Morgan fingerprint density at radius 3 is 2.67 bits per heavy atom. The Labute approximate surface area is 195 Å². The van der Waals surface area contributed by atoms with Crippen molar-refractivity contribution < 1.29 is 18.7 Å². The summed E-state index contributed by atoms with van der Waals surface area (Å²) >= 11 is 1.58. The number of fused-ring (bicyclic) bond motifs is 1. The minimum atomic E-state index is -0.470. The van der Waals surface area contributed by atoms with E-state index in [-0.39, 0.29) is 30.3 Å². The number of rotatable bonds is 9. The first-order valence-electron chi connectivity index (χ1n) is 11.0. The molecular weight excluding hydrogens is 445 g/mol. The van der Waals surface area contributed by atoms with Crippen molar-refractivity contribution in [1.29, 1.82) is 0 Å². The van der Waals surface area contributed by atoms with Crippen LogP contribution in [0.2, 0.25) is 0 Å². The Morgan fingerprint density at radius 2 is 1.94 bits per heavy atom. The summed E-state index contributed by atoms with van der Waals surface area (Å²) in [5, 5.41) is 11.6. The number of thiophene rings is 1. The molecule has 8 nitrogen and oxygen atoms in total. The maximum atomic E-state index is 14.4. The first-order chi connectivity index (χ1) is 16.0. The summed E-state index contributed by atoms with van der Waals surface area (Å²) in [6.45, 7) is 2.22. The van der Waals surface area contributed by atoms with Gasteiger partial charge >= 0.3 is 0 Å².